The molecular weight excluding hydrogens is 246 g/mol. The van der Waals surface area contributed by atoms with Gasteiger partial charge in [0.15, 0.2) is 10.8 Å². The lowest BCUT2D eigenvalue weighted by Crippen LogP contribution is -2.03. The molecule has 0 aliphatic carbocycles. The summed E-state index contributed by atoms with van der Waals surface area (Å²) in [6.45, 7) is 2.58. The van der Waals surface area contributed by atoms with Gasteiger partial charge in [0.05, 0.1) is 24.1 Å². The minimum atomic E-state index is 0.655. The van der Waals surface area contributed by atoms with Crippen molar-refractivity contribution < 1.29 is 0 Å². The summed E-state index contributed by atoms with van der Waals surface area (Å²) in [6, 6.07) is 0. The van der Waals surface area contributed by atoms with Crippen LogP contribution in [0.2, 0.25) is 0 Å². The molecule has 90 valence electrons. The molecule has 0 aromatic carbocycles. The van der Waals surface area contributed by atoms with Crippen LogP contribution < -0.4 is 0 Å². The van der Waals surface area contributed by atoms with Gasteiger partial charge in [0.25, 0.3) is 0 Å². The van der Waals surface area contributed by atoms with Crippen LogP contribution in [-0.2, 0) is 6.54 Å². The first-order valence-electron chi connectivity index (χ1n) is 5.51. The quantitative estimate of drug-likeness (QED) is 0.721. The summed E-state index contributed by atoms with van der Waals surface area (Å²) in [7, 11) is 0. The predicted octanol–water partition coefficient (Wildman–Crippen LogP) is 2.15. The Morgan fingerprint density at radius 2 is 2.06 bits per heavy atom. The second kappa shape index (κ2) is 4.66. The second-order valence-corrected chi connectivity index (χ2v) is 4.76. The van der Waals surface area contributed by atoms with Gasteiger partial charge in [-0.25, -0.2) is 9.97 Å². The average Bonchev–Trinajstić information content (AvgIpc) is 3.02. The van der Waals surface area contributed by atoms with Crippen LogP contribution in [0.1, 0.15) is 11.4 Å². The topological polar surface area (TPSA) is 56.5 Å². The highest BCUT2D eigenvalue weighted by Gasteiger charge is 2.09. The molecule has 0 bridgehead atoms. The van der Waals surface area contributed by atoms with E-state index in [1.807, 2.05) is 23.1 Å². The first kappa shape index (κ1) is 11.0. The van der Waals surface area contributed by atoms with E-state index in [9.17, 15) is 0 Å². The largest absolute Gasteiger partial charge is 0.323 e. The van der Waals surface area contributed by atoms with Crippen molar-refractivity contribution in [1.29, 1.82) is 0 Å². The normalized spacial score (nSPS) is 10.7. The Hall–Kier alpha value is -2.08. The highest BCUT2D eigenvalue weighted by atomic mass is 32.1. The maximum Gasteiger partial charge on any atom is 0.169 e. The third-order valence-electron chi connectivity index (χ3n) is 2.51. The van der Waals surface area contributed by atoms with Gasteiger partial charge < -0.3 is 4.57 Å². The number of nitrogens with zero attached hydrogens (tertiary/aromatic N) is 5. The van der Waals surface area contributed by atoms with Crippen molar-refractivity contribution in [2.24, 2.45) is 0 Å². The molecule has 0 spiro atoms. The summed E-state index contributed by atoms with van der Waals surface area (Å²) in [5.41, 5.74) is 1.83. The molecule has 6 heteroatoms. The monoisotopic (exact) mass is 257 g/mol. The first-order valence-corrected chi connectivity index (χ1v) is 6.39. The molecule has 3 rings (SSSR count). The number of rotatable bonds is 3. The molecule has 0 unspecified atom stereocenters. The number of thiazole rings is 1. The zero-order valence-electron chi connectivity index (χ0n) is 9.82. The average molecular weight is 257 g/mol. The third-order valence-corrected chi connectivity index (χ3v) is 3.27. The number of aryl methyl sites for hydroxylation is 1. The van der Waals surface area contributed by atoms with Gasteiger partial charge in [-0.3, -0.25) is 9.97 Å². The van der Waals surface area contributed by atoms with E-state index in [2.05, 4.69) is 19.9 Å². The Kier molecular flexibility index (Phi) is 2.85. The lowest BCUT2D eigenvalue weighted by molar-refractivity contribution is 0.772. The number of hydrogen-bond donors (Lipinski definition) is 0. The van der Waals surface area contributed by atoms with Crippen LogP contribution in [0.4, 0.5) is 0 Å². The second-order valence-electron chi connectivity index (χ2n) is 3.87. The van der Waals surface area contributed by atoms with Crippen molar-refractivity contribution >= 4 is 11.3 Å². The summed E-state index contributed by atoms with van der Waals surface area (Å²) in [5.74, 6) is 0.868. The fourth-order valence-corrected chi connectivity index (χ4v) is 2.29. The van der Waals surface area contributed by atoms with E-state index < -0.39 is 0 Å². The molecule has 0 amide bonds. The van der Waals surface area contributed by atoms with Crippen LogP contribution in [-0.4, -0.2) is 24.5 Å². The summed E-state index contributed by atoms with van der Waals surface area (Å²) in [4.78, 5) is 17.2. The van der Waals surface area contributed by atoms with E-state index in [0.29, 0.717) is 6.54 Å². The van der Waals surface area contributed by atoms with Crippen molar-refractivity contribution in [3.63, 3.8) is 0 Å². The Balaban J connectivity index is 1.90. The molecule has 0 saturated heterocycles. The smallest absolute Gasteiger partial charge is 0.169 e. The maximum atomic E-state index is 4.35. The van der Waals surface area contributed by atoms with E-state index in [1.54, 1.807) is 36.1 Å². The molecule has 3 heterocycles. The van der Waals surface area contributed by atoms with Crippen molar-refractivity contribution in [3.05, 3.63) is 47.8 Å². The van der Waals surface area contributed by atoms with E-state index in [0.717, 1.165) is 22.2 Å². The summed E-state index contributed by atoms with van der Waals surface area (Å²) in [6.07, 6.45) is 9.05. The highest BCUT2D eigenvalue weighted by molar-refractivity contribution is 7.13. The van der Waals surface area contributed by atoms with Crippen LogP contribution in [0.5, 0.6) is 0 Å². The van der Waals surface area contributed by atoms with E-state index in [4.69, 9.17) is 0 Å². The molecule has 5 nitrogen and oxygen atoms in total. The highest BCUT2D eigenvalue weighted by Crippen LogP contribution is 2.20. The van der Waals surface area contributed by atoms with Crippen molar-refractivity contribution in [2.45, 2.75) is 13.5 Å². The summed E-state index contributed by atoms with van der Waals surface area (Å²) >= 11 is 1.58. The van der Waals surface area contributed by atoms with E-state index >= 15 is 0 Å². The molecule has 0 radical (unpaired) electrons. The molecule has 3 aromatic rings. The van der Waals surface area contributed by atoms with Crippen LogP contribution in [0.25, 0.3) is 10.8 Å². The van der Waals surface area contributed by atoms with Crippen LogP contribution in [0.15, 0.2) is 36.4 Å². The van der Waals surface area contributed by atoms with Crippen molar-refractivity contribution in [1.82, 2.24) is 24.5 Å². The lowest BCUT2D eigenvalue weighted by atomic mass is 10.4. The third kappa shape index (κ3) is 2.14. The zero-order valence-corrected chi connectivity index (χ0v) is 10.6. The standard InChI is InChI=1S/C12H11N5S/c1-9-6-16-10(7-15-9)8-17-4-2-13-11(17)12-14-3-5-18-12/h2-7H,8H2,1H3. The van der Waals surface area contributed by atoms with Crippen molar-refractivity contribution in [3.8, 4) is 10.8 Å². The minimum Gasteiger partial charge on any atom is -0.323 e. The van der Waals surface area contributed by atoms with Gasteiger partial charge in [0.1, 0.15) is 0 Å². The molecular formula is C12H11N5S. The van der Waals surface area contributed by atoms with Gasteiger partial charge in [0, 0.05) is 30.2 Å². The Morgan fingerprint density at radius 3 is 2.78 bits per heavy atom. The summed E-state index contributed by atoms with van der Waals surface area (Å²) < 4.78 is 2.03. The fraction of sp³-hybridized carbons (Fsp3) is 0.167. The van der Waals surface area contributed by atoms with Gasteiger partial charge in [0.2, 0.25) is 0 Å². The first-order chi connectivity index (χ1) is 8.83. The molecule has 3 aromatic heterocycles. The van der Waals surface area contributed by atoms with Gasteiger partial charge in [-0.2, -0.15) is 0 Å². The molecule has 0 N–H and O–H groups in total. The van der Waals surface area contributed by atoms with E-state index in [-0.39, 0.29) is 0 Å². The molecule has 0 aliphatic heterocycles. The van der Waals surface area contributed by atoms with Crippen LogP contribution in [0, 0.1) is 6.92 Å². The fourth-order valence-electron chi connectivity index (χ4n) is 1.64. The number of aromatic nitrogens is 5. The SMILES string of the molecule is Cc1cnc(Cn2ccnc2-c2nccs2)cn1. The van der Waals surface area contributed by atoms with Gasteiger partial charge in [-0.05, 0) is 6.92 Å². The Morgan fingerprint density at radius 1 is 1.11 bits per heavy atom. The lowest BCUT2D eigenvalue weighted by Gasteiger charge is -2.05. The Bertz CT molecular complexity index is 627. The molecule has 0 aliphatic rings. The molecule has 0 fully saturated rings. The van der Waals surface area contributed by atoms with Crippen LogP contribution in [0.3, 0.4) is 0 Å². The molecule has 0 saturated carbocycles. The number of imidazole rings is 1. The minimum absolute atomic E-state index is 0.655. The zero-order chi connectivity index (χ0) is 12.4. The van der Waals surface area contributed by atoms with Gasteiger partial charge in [-0.1, -0.05) is 0 Å². The van der Waals surface area contributed by atoms with E-state index in [1.165, 1.54) is 0 Å². The van der Waals surface area contributed by atoms with Crippen LogP contribution >= 0.6 is 11.3 Å². The predicted molar refractivity (Wildman–Crippen MR) is 69.2 cm³/mol. The maximum absolute atomic E-state index is 4.35. The molecule has 18 heavy (non-hydrogen) atoms. The van der Waals surface area contributed by atoms with Crippen molar-refractivity contribution in [2.75, 3.05) is 0 Å². The Labute approximate surface area is 108 Å². The molecule has 0 atom stereocenters. The van der Waals surface area contributed by atoms with Gasteiger partial charge >= 0.3 is 0 Å². The van der Waals surface area contributed by atoms with Gasteiger partial charge in [-0.15, -0.1) is 11.3 Å². The summed E-state index contributed by atoms with van der Waals surface area (Å²) in [5, 5.41) is 2.86. The number of hydrogen-bond acceptors (Lipinski definition) is 5.